The fourth-order valence-corrected chi connectivity index (χ4v) is 2.86. The Bertz CT molecular complexity index is 548. The number of aromatic carboxylic acids is 1. The van der Waals surface area contributed by atoms with Gasteiger partial charge >= 0.3 is 5.97 Å². The van der Waals surface area contributed by atoms with E-state index in [1.54, 1.807) is 26.0 Å². The lowest BCUT2D eigenvalue weighted by Crippen LogP contribution is -2.17. The number of rotatable bonds is 7. The predicted molar refractivity (Wildman–Crippen MR) is 72.6 cm³/mol. The lowest BCUT2D eigenvalue weighted by Gasteiger charge is -2.11. The maximum absolute atomic E-state index is 11.5. The number of hydrogen-bond donors (Lipinski definition) is 1. The Balaban J connectivity index is 2.76. The van der Waals surface area contributed by atoms with Gasteiger partial charge in [0, 0.05) is 0 Å². The van der Waals surface area contributed by atoms with E-state index in [0.29, 0.717) is 12.0 Å². The molecule has 0 saturated heterocycles. The standard InChI is InChI=1S/C13H18O5S/c1-3-8-19(16,17)9-7-18-12-10(2)5-4-6-11(12)13(14)15/h4-6H,3,7-9H2,1-2H3,(H,14,15). The molecule has 0 bridgehead atoms. The van der Waals surface area contributed by atoms with Gasteiger partial charge in [-0.1, -0.05) is 19.1 Å². The third kappa shape index (κ3) is 4.55. The molecule has 6 heteroatoms. The Morgan fingerprint density at radius 3 is 2.58 bits per heavy atom. The average Bonchev–Trinajstić information content (AvgIpc) is 2.30. The fraction of sp³-hybridized carbons (Fsp3) is 0.462. The van der Waals surface area contributed by atoms with Crippen molar-refractivity contribution in [2.75, 3.05) is 18.1 Å². The second kappa shape index (κ2) is 6.56. The van der Waals surface area contributed by atoms with Crippen LogP contribution in [0.15, 0.2) is 18.2 Å². The maximum atomic E-state index is 11.5. The summed E-state index contributed by atoms with van der Waals surface area (Å²) in [6.45, 7) is 3.48. The van der Waals surface area contributed by atoms with Gasteiger partial charge < -0.3 is 9.84 Å². The highest BCUT2D eigenvalue weighted by molar-refractivity contribution is 7.91. The van der Waals surface area contributed by atoms with Crippen LogP contribution in [-0.4, -0.2) is 37.6 Å². The highest BCUT2D eigenvalue weighted by atomic mass is 32.2. The van der Waals surface area contributed by atoms with E-state index >= 15 is 0 Å². The Morgan fingerprint density at radius 2 is 2.00 bits per heavy atom. The highest BCUT2D eigenvalue weighted by Gasteiger charge is 2.15. The van der Waals surface area contributed by atoms with Gasteiger partial charge in [0.15, 0.2) is 9.84 Å². The van der Waals surface area contributed by atoms with Gasteiger partial charge in [-0.3, -0.25) is 0 Å². The summed E-state index contributed by atoms with van der Waals surface area (Å²) < 4.78 is 28.4. The first kappa shape index (κ1) is 15.5. The maximum Gasteiger partial charge on any atom is 0.339 e. The molecular formula is C13H18O5S. The topological polar surface area (TPSA) is 80.7 Å². The second-order valence-electron chi connectivity index (χ2n) is 4.26. The zero-order chi connectivity index (χ0) is 14.5. The van der Waals surface area contributed by atoms with Crippen molar-refractivity contribution in [3.63, 3.8) is 0 Å². The average molecular weight is 286 g/mol. The third-order valence-electron chi connectivity index (χ3n) is 2.60. The normalized spacial score (nSPS) is 11.3. The second-order valence-corrected chi connectivity index (χ2v) is 6.56. The van der Waals surface area contributed by atoms with Gasteiger partial charge in [0.2, 0.25) is 0 Å². The molecule has 0 aliphatic rings. The van der Waals surface area contributed by atoms with Crippen molar-refractivity contribution < 1.29 is 23.1 Å². The molecule has 0 aromatic heterocycles. The number of para-hydroxylation sites is 1. The molecule has 1 aromatic rings. The van der Waals surface area contributed by atoms with E-state index in [-0.39, 0.29) is 29.4 Å². The minimum Gasteiger partial charge on any atom is -0.491 e. The molecule has 1 rings (SSSR count). The SMILES string of the molecule is CCCS(=O)(=O)CCOc1c(C)cccc1C(=O)O. The lowest BCUT2D eigenvalue weighted by atomic mass is 10.1. The van der Waals surface area contributed by atoms with Gasteiger partial charge in [-0.2, -0.15) is 0 Å². The van der Waals surface area contributed by atoms with Crippen LogP contribution in [0.5, 0.6) is 5.75 Å². The number of benzene rings is 1. The summed E-state index contributed by atoms with van der Waals surface area (Å²) in [5, 5.41) is 9.04. The number of aryl methyl sites for hydroxylation is 1. The monoisotopic (exact) mass is 286 g/mol. The molecule has 5 nitrogen and oxygen atoms in total. The van der Waals surface area contributed by atoms with Crippen LogP contribution in [-0.2, 0) is 9.84 Å². The van der Waals surface area contributed by atoms with Crippen LogP contribution in [0.25, 0.3) is 0 Å². The van der Waals surface area contributed by atoms with E-state index < -0.39 is 15.8 Å². The molecule has 1 aromatic carbocycles. The van der Waals surface area contributed by atoms with E-state index in [2.05, 4.69) is 0 Å². The fourth-order valence-electron chi connectivity index (χ4n) is 1.70. The molecule has 0 atom stereocenters. The summed E-state index contributed by atoms with van der Waals surface area (Å²) in [6.07, 6.45) is 0.563. The molecule has 0 fully saturated rings. The van der Waals surface area contributed by atoms with Crippen LogP contribution >= 0.6 is 0 Å². The quantitative estimate of drug-likeness (QED) is 0.828. The number of sulfone groups is 1. The van der Waals surface area contributed by atoms with Crippen molar-refractivity contribution in [2.45, 2.75) is 20.3 Å². The van der Waals surface area contributed by atoms with Gasteiger partial charge in [-0.25, -0.2) is 13.2 Å². The summed E-state index contributed by atoms with van der Waals surface area (Å²) in [5.41, 5.74) is 0.723. The minimum absolute atomic E-state index is 0.0343. The predicted octanol–water partition coefficient (Wildman–Crippen LogP) is 1.90. The molecule has 0 spiro atoms. The van der Waals surface area contributed by atoms with Crippen LogP contribution < -0.4 is 4.74 Å². The Kier molecular flexibility index (Phi) is 5.35. The van der Waals surface area contributed by atoms with Gasteiger partial charge in [-0.05, 0) is 25.0 Å². The molecule has 0 aliphatic heterocycles. The van der Waals surface area contributed by atoms with Crippen molar-refractivity contribution in [1.29, 1.82) is 0 Å². The van der Waals surface area contributed by atoms with Crippen molar-refractivity contribution in [1.82, 2.24) is 0 Å². The summed E-state index contributed by atoms with van der Waals surface area (Å²) in [6, 6.07) is 4.78. The Morgan fingerprint density at radius 1 is 1.32 bits per heavy atom. The molecule has 1 N–H and O–H groups in total. The first-order valence-corrected chi connectivity index (χ1v) is 7.85. The smallest absolute Gasteiger partial charge is 0.339 e. The number of ether oxygens (including phenoxy) is 1. The Labute approximate surface area is 113 Å². The lowest BCUT2D eigenvalue weighted by molar-refractivity contribution is 0.0692. The number of carbonyl (C=O) groups is 1. The van der Waals surface area contributed by atoms with Gasteiger partial charge in [0.1, 0.15) is 17.9 Å². The molecular weight excluding hydrogens is 268 g/mol. The number of carboxylic acid groups (broad SMARTS) is 1. The van der Waals surface area contributed by atoms with Gasteiger partial charge in [-0.15, -0.1) is 0 Å². The summed E-state index contributed by atoms with van der Waals surface area (Å²) >= 11 is 0. The summed E-state index contributed by atoms with van der Waals surface area (Å²) in [4.78, 5) is 11.0. The number of carboxylic acids is 1. The van der Waals surface area contributed by atoms with Crippen molar-refractivity contribution in [2.24, 2.45) is 0 Å². The molecule has 0 amide bonds. The van der Waals surface area contributed by atoms with Gasteiger partial charge in [0.05, 0.1) is 11.5 Å². The van der Waals surface area contributed by atoms with Gasteiger partial charge in [0.25, 0.3) is 0 Å². The molecule has 0 unspecified atom stereocenters. The van der Waals surface area contributed by atoms with Crippen LogP contribution in [0, 0.1) is 6.92 Å². The largest absolute Gasteiger partial charge is 0.491 e. The van der Waals surface area contributed by atoms with Crippen LogP contribution in [0.4, 0.5) is 0 Å². The van der Waals surface area contributed by atoms with Crippen molar-refractivity contribution in [3.8, 4) is 5.75 Å². The highest BCUT2D eigenvalue weighted by Crippen LogP contribution is 2.23. The molecule has 0 aliphatic carbocycles. The Hall–Kier alpha value is -1.56. The van der Waals surface area contributed by atoms with E-state index in [9.17, 15) is 13.2 Å². The molecule has 106 valence electrons. The minimum atomic E-state index is -3.12. The van der Waals surface area contributed by atoms with E-state index in [1.165, 1.54) is 6.07 Å². The molecule has 19 heavy (non-hydrogen) atoms. The molecule has 0 radical (unpaired) electrons. The first-order valence-electron chi connectivity index (χ1n) is 6.03. The van der Waals surface area contributed by atoms with Crippen LogP contribution in [0.2, 0.25) is 0 Å². The number of hydrogen-bond acceptors (Lipinski definition) is 4. The van der Waals surface area contributed by atoms with E-state index in [4.69, 9.17) is 9.84 Å². The first-order chi connectivity index (χ1) is 8.87. The molecule has 0 heterocycles. The summed E-state index contributed by atoms with van der Waals surface area (Å²) in [7, 11) is -3.12. The third-order valence-corrected chi connectivity index (χ3v) is 4.42. The summed E-state index contributed by atoms with van der Waals surface area (Å²) in [5.74, 6) is -0.832. The van der Waals surface area contributed by atoms with Crippen LogP contribution in [0.3, 0.4) is 0 Å². The van der Waals surface area contributed by atoms with E-state index in [0.717, 1.165) is 0 Å². The zero-order valence-electron chi connectivity index (χ0n) is 11.0. The zero-order valence-corrected chi connectivity index (χ0v) is 11.9. The van der Waals surface area contributed by atoms with E-state index in [1.807, 2.05) is 0 Å². The van der Waals surface area contributed by atoms with Crippen molar-refractivity contribution >= 4 is 15.8 Å². The van der Waals surface area contributed by atoms with Crippen molar-refractivity contribution in [3.05, 3.63) is 29.3 Å². The van der Waals surface area contributed by atoms with Crippen LogP contribution in [0.1, 0.15) is 29.3 Å². The molecule has 0 saturated carbocycles.